The molecule has 0 saturated heterocycles. The molecule has 0 amide bonds. The van der Waals surface area contributed by atoms with Gasteiger partial charge in [-0.25, -0.2) is 0 Å². The number of hydrogen-bond acceptors (Lipinski definition) is 2. The van der Waals surface area contributed by atoms with Gasteiger partial charge in [0.1, 0.15) is 0 Å². The number of nitrogens with one attached hydrogen (secondary N) is 1. The Hall–Kier alpha value is -0.890. The molecule has 0 aliphatic rings. The van der Waals surface area contributed by atoms with E-state index < -0.39 is 0 Å². The Labute approximate surface area is 99.5 Å². The summed E-state index contributed by atoms with van der Waals surface area (Å²) in [5.74, 6) is 0.756. The second kappa shape index (κ2) is 7.39. The van der Waals surface area contributed by atoms with E-state index in [2.05, 4.69) is 37.3 Å². The lowest BCUT2D eigenvalue weighted by Gasteiger charge is -2.23. The van der Waals surface area contributed by atoms with E-state index in [1.165, 1.54) is 24.8 Å². The molecule has 1 heterocycles. The van der Waals surface area contributed by atoms with Crippen molar-refractivity contribution in [2.24, 2.45) is 5.92 Å². The maximum atomic E-state index is 4.15. The average Bonchev–Trinajstić information content (AvgIpc) is 2.31. The van der Waals surface area contributed by atoms with Crippen molar-refractivity contribution in [3.05, 3.63) is 30.1 Å². The van der Waals surface area contributed by atoms with Crippen LogP contribution in [0.4, 0.5) is 0 Å². The van der Waals surface area contributed by atoms with Gasteiger partial charge in [0.15, 0.2) is 0 Å². The van der Waals surface area contributed by atoms with E-state index in [-0.39, 0.29) is 0 Å². The monoisotopic (exact) mass is 220 g/mol. The molecule has 0 saturated carbocycles. The zero-order chi connectivity index (χ0) is 11.8. The van der Waals surface area contributed by atoms with Crippen LogP contribution in [0.3, 0.4) is 0 Å². The Morgan fingerprint density at radius 2 is 2.19 bits per heavy atom. The minimum absolute atomic E-state index is 0.625. The molecular weight excluding hydrogens is 196 g/mol. The van der Waals surface area contributed by atoms with Crippen LogP contribution >= 0.6 is 0 Å². The van der Waals surface area contributed by atoms with Gasteiger partial charge in [-0.15, -0.1) is 0 Å². The molecule has 0 radical (unpaired) electrons. The smallest absolute Gasteiger partial charge is 0.0299 e. The molecule has 0 bridgehead atoms. The van der Waals surface area contributed by atoms with Crippen molar-refractivity contribution in [2.75, 3.05) is 7.05 Å². The van der Waals surface area contributed by atoms with Crippen LogP contribution in [-0.4, -0.2) is 18.1 Å². The molecule has 0 spiro atoms. The summed E-state index contributed by atoms with van der Waals surface area (Å²) in [5.41, 5.74) is 1.34. The molecule has 0 fully saturated rings. The highest BCUT2D eigenvalue weighted by Crippen LogP contribution is 2.15. The summed E-state index contributed by atoms with van der Waals surface area (Å²) in [5, 5.41) is 3.44. The fraction of sp³-hybridized carbons (Fsp3) is 0.643. The molecule has 2 atom stereocenters. The molecule has 1 N–H and O–H groups in total. The SMILES string of the molecule is CCCC(C)C(CCc1cccnc1)NC. The van der Waals surface area contributed by atoms with E-state index in [0.717, 1.165) is 12.3 Å². The summed E-state index contributed by atoms with van der Waals surface area (Å²) in [6.45, 7) is 4.60. The maximum absolute atomic E-state index is 4.15. The molecular formula is C14H24N2. The van der Waals surface area contributed by atoms with Crippen molar-refractivity contribution in [3.63, 3.8) is 0 Å². The molecule has 1 rings (SSSR count). The van der Waals surface area contributed by atoms with E-state index in [1.54, 1.807) is 0 Å². The molecule has 1 aromatic heterocycles. The summed E-state index contributed by atoms with van der Waals surface area (Å²) < 4.78 is 0. The number of aryl methyl sites for hydroxylation is 1. The predicted octanol–water partition coefficient (Wildman–Crippen LogP) is 3.04. The van der Waals surface area contributed by atoms with Gasteiger partial charge in [0.2, 0.25) is 0 Å². The number of aromatic nitrogens is 1. The van der Waals surface area contributed by atoms with Crippen LogP contribution in [0.15, 0.2) is 24.5 Å². The first-order chi connectivity index (χ1) is 7.77. The third-order valence-electron chi connectivity index (χ3n) is 3.27. The van der Waals surface area contributed by atoms with Gasteiger partial charge in [-0.2, -0.15) is 0 Å². The van der Waals surface area contributed by atoms with Gasteiger partial charge < -0.3 is 5.32 Å². The highest BCUT2D eigenvalue weighted by Gasteiger charge is 2.14. The van der Waals surface area contributed by atoms with Crippen LogP contribution in [0.25, 0.3) is 0 Å². The summed E-state index contributed by atoms with van der Waals surface area (Å²) in [6.07, 6.45) is 8.69. The molecule has 1 aromatic rings. The topological polar surface area (TPSA) is 24.9 Å². The molecule has 0 aliphatic heterocycles. The number of nitrogens with zero attached hydrogens (tertiary/aromatic N) is 1. The number of hydrogen-bond donors (Lipinski definition) is 1. The van der Waals surface area contributed by atoms with Crippen LogP contribution in [0.2, 0.25) is 0 Å². The molecule has 90 valence electrons. The lowest BCUT2D eigenvalue weighted by molar-refractivity contribution is 0.355. The van der Waals surface area contributed by atoms with Crippen molar-refractivity contribution >= 4 is 0 Å². The summed E-state index contributed by atoms with van der Waals surface area (Å²) in [7, 11) is 2.07. The average molecular weight is 220 g/mol. The fourth-order valence-electron chi connectivity index (χ4n) is 2.24. The second-order valence-corrected chi connectivity index (χ2v) is 4.56. The lowest BCUT2D eigenvalue weighted by Crippen LogP contribution is -2.32. The first-order valence-corrected chi connectivity index (χ1v) is 6.34. The van der Waals surface area contributed by atoms with Crippen molar-refractivity contribution in [1.29, 1.82) is 0 Å². The van der Waals surface area contributed by atoms with E-state index in [1.807, 2.05) is 18.5 Å². The quantitative estimate of drug-likeness (QED) is 0.764. The largest absolute Gasteiger partial charge is 0.317 e. The van der Waals surface area contributed by atoms with Crippen molar-refractivity contribution < 1.29 is 0 Å². The highest BCUT2D eigenvalue weighted by atomic mass is 14.9. The third kappa shape index (κ3) is 4.31. The van der Waals surface area contributed by atoms with Crippen LogP contribution in [0.5, 0.6) is 0 Å². The number of pyridine rings is 1. The van der Waals surface area contributed by atoms with Crippen LogP contribution in [0.1, 0.15) is 38.7 Å². The summed E-state index contributed by atoms with van der Waals surface area (Å²) in [6, 6.07) is 4.80. The standard InChI is InChI=1S/C14H24N2/c1-4-6-12(2)14(15-3)9-8-13-7-5-10-16-11-13/h5,7,10-12,14-15H,4,6,8-9H2,1-3H3. The molecule has 2 nitrogen and oxygen atoms in total. The molecule has 0 aromatic carbocycles. The van der Waals surface area contributed by atoms with Crippen LogP contribution in [0, 0.1) is 5.92 Å². The minimum Gasteiger partial charge on any atom is -0.317 e. The van der Waals surface area contributed by atoms with Gasteiger partial charge in [0.05, 0.1) is 0 Å². The molecule has 2 unspecified atom stereocenters. The molecule has 0 aliphatic carbocycles. The highest BCUT2D eigenvalue weighted by molar-refractivity contribution is 5.08. The first-order valence-electron chi connectivity index (χ1n) is 6.34. The zero-order valence-electron chi connectivity index (χ0n) is 10.7. The van der Waals surface area contributed by atoms with E-state index in [0.29, 0.717) is 6.04 Å². The van der Waals surface area contributed by atoms with Gasteiger partial charge in [-0.05, 0) is 43.9 Å². The van der Waals surface area contributed by atoms with Gasteiger partial charge in [-0.1, -0.05) is 26.3 Å². The van der Waals surface area contributed by atoms with Crippen LogP contribution in [-0.2, 0) is 6.42 Å². The minimum atomic E-state index is 0.625. The van der Waals surface area contributed by atoms with Gasteiger partial charge in [0, 0.05) is 18.4 Å². The Morgan fingerprint density at radius 1 is 1.38 bits per heavy atom. The van der Waals surface area contributed by atoms with E-state index in [4.69, 9.17) is 0 Å². The van der Waals surface area contributed by atoms with Gasteiger partial charge in [-0.3, -0.25) is 4.98 Å². The molecule has 16 heavy (non-hydrogen) atoms. The fourth-order valence-corrected chi connectivity index (χ4v) is 2.24. The van der Waals surface area contributed by atoms with Crippen molar-refractivity contribution in [1.82, 2.24) is 10.3 Å². The summed E-state index contributed by atoms with van der Waals surface area (Å²) >= 11 is 0. The molecule has 2 heteroatoms. The van der Waals surface area contributed by atoms with Crippen molar-refractivity contribution in [2.45, 2.75) is 45.6 Å². The summed E-state index contributed by atoms with van der Waals surface area (Å²) in [4.78, 5) is 4.15. The Balaban J connectivity index is 2.39. The van der Waals surface area contributed by atoms with Gasteiger partial charge >= 0.3 is 0 Å². The Bertz CT molecular complexity index is 271. The van der Waals surface area contributed by atoms with Crippen molar-refractivity contribution in [3.8, 4) is 0 Å². The Morgan fingerprint density at radius 3 is 2.75 bits per heavy atom. The van der Waals surface area contributed by atoms with E-state index >= 15 is 0 Å². The predicted molar refractivity (Wildman–Crippen MR) is 69.5 cm³/mol. The lowest BCUT2D eigenvalue weighted by atomic mass is 9.92. The second-order valence-electron chi connectivity index (χ2n) is 4.56. The van der Waals surface area contributed by atoms with Gasteiger partial charge in [0.25, 0.3) is 0 Å². The Kier molecular flexibility index (Phi) is 6.09. The number of rotatable bonds is 7. The third-order valence-corrected chi connectivity index (χ3v) is 3.27. The van der Waals surface area contributed by atoms with Crippen LogP contribution < -0.4 is 5.32 Å². The first kappa shape index (κ1) is 13.2. The zero-order valence-corrected chi connectivity index (χ0v) is 10.7. The normalized spacial score (nSPS) is 14.7. The maximum Gasteiger partial charge on any atom is 0.0299 e. The van der Waals surface area contributed by atoms with E-state index in [9.17, 15) is 0 Å².